The van der Waals surface area contributed by atoms with E-state index in [1.165, 1.54) is 5.56 Å². The number of aromatic amines is 1. The number of benzene rings is 2. The fraction of sp³-hybridized carbons (Fsp3) is 0.222. The zero-order valence-corrected chi connectivity index (χ0v) is 12.2. The molecule has 0 bridgehead atoms. The number of rotatable bonds is 6. The van der Waals surface area contributed by atoms with Gasteiger partial charge in [0.25, 0.3) is 0 Å². The minimum absolute atomic E-state index is 0.0548. The maximum absolute atomic E-state index is 6.31. The second-order valence-corrected chi connectivity index (χ2v) is 5.10. The number of aromatic nitrogens is 1. The van der Waals surface area contributed by atoms with Gasteiger partial charge in [-0.15, -0.1) is 0 Å². The van der Waals surface area contributed by atoms with Gasteiger partial charge in [-0.3, -0.25) is 0 Å². The van der Waals surface area contributed by atoms with Crippen LogP contribution in [0.4, 0.5) is 0 Å². The Labute approximate surface area is 125 Å². The molecule has 3 rings (SSSR count). The Morgan fingerprint density at radius 2 is 1.90 bits per heavy atom. The van der Waals surface area contributed by atoms with Gasteiger partial charge in [-0.05, 0) is 37.4 Å². The van der Waals surface area contributed by atoms with Crippen LogP contribution in [0.2, 0.25) is 0 Å². The molecule has 0 spiro atoms. The van der Waals surface area contributed by atoms with Crippen LogP contribution in [0.1, 0.15) is 18.1 Å². The summed E-state index contributed by atoms with van der Waals surface area (Å²) in [4.78, 5) is 3.22. The van der Waals surface area contributed by atoms with Crippen molar-refractivity contribution in [3.05, 3.63) is 66.4 Å². The molecule has 108 valence electrons. The van der Waals surface area contributed by atoms with Gasteiger partial charge >= 0.3 is 0 Å². The van der Waals surface area contributed by atoms with E-state index < -0.39 is 0 Å². The van der Waals surface area contributed by atoms with Gasteiger partial charge in [-0.1, -0.05) is 36.4 Å². The van der Waals surface area contributed by atoms with E-state index in [-0.39, 0.29) is 6.10 Å². The molecule has 0 aliphatic rings. The van der Waals surface area contributed by atoms with Crippen molar-refractivity contribution in [3.8, 4) is 5.75 Å². The molecule has 21 heavy (non-hydrogen) atoms. The van der Waals surface area contributed by atoms with Crippen molar-refractivity contribution >= 4 is 10.9 Å². The fourth-order valence-electron chi connectivity index (χ4n) is 2.55. The van der Waals surface area contributed by atoms with E-state index in [4.69, 9.17) is 4.74 Å². The minimum Gasteiger partial charge on any atom is -0.485 e. The van der Waals surface area contributed by atoms with Crippen LogP contribution < -0.4 is 10.1 Å². The molecule has 3 aromatic rings. The first-order chi connectivity index (χ1) is 10.4. The first-order valence-electron chi connectivity index (χ1n) is 7.31. The predicted octanol–water partition coefficient (Wildman–Crippen LogP) is 3.90. The normalized spacial score (nSPS) is 12.4. The Morgan fingerprint density at radius 3 is 2.71 bits per heavy atom. The van der Waals surface area contributed by atoms with Gasteiger partial charge in [0.15, 0.2) is 0 Å². The standard InChI is InChI=1S/C18H20N2O/c1-19-12-11-17(14-6-3-2-4-7-14)21-18-9-5-8-16-15(18)10-13-20-16/h2-10,13,17,19-20H,11-12H2,1H3/t17-/m1/s1. The predicted molar refractivity (Wildman–Crippen MR) is 86.7 cm³/mol. The molecule has 0 radical (unpaired) electrons. The van der Waals surface area contributed by atoms with Crippen LogP contribution in [0, 0.1) is 0 Å². The Kier molecular flexibility index (Phi) is 4.22. The zero-order valence-electron chi connectivity index (χ0n) is 12.2. The summed E-state index contributed by atoms with van der Waals surface area (Å²) in [5.41, 5.74) is 2.31. The van der Waals surface area contributed by atoms with Crippen LogP contribution in [-0.4, -0.2) is 18.6 Å². The molecule has 2 aromatic carbocycles. The molecule has 0 aliphatic heterocycles. The number of ether oxygens (including phenoxy) is 1. The topological polar surface area (TPSA) is 37.0 Å². The summed E-state index contributed by atoms with van der Waals surface area (Å²) in [6.45, 7) is 0.919. The van der Waals surface area contributed by atoms with Crippen LogP contribution in [-0.2, 0) is 0 Å². The molecular formula is C18H20N2O. The van der Waals surface area contributed by atoms with E-state index >= 15 is 0 Å². The molecule has 0 saturated carbocycles. The summed E-state index contributed by atoms with van der Waals surface area (Å²) in [6, 6.07) is 18.6. The lowest BCUT2D eigenvalue weighted by molar-refractivity contribution is 0.197. The lowest BCUT2D eigenvalue weighted by Crippen LogP contribution is -2.16. The smallest absolute Gasteiger partial charge is 0.129 e. The van der Waals surface area contributed by atoms with Gasteiger partial charge < -0.3 is 15.0 Å². The van der Waals surface area contributed by atoms with Crippen LogP contribution >= 0.6 is 0 Å². The Hall–Kier alpha value is -2.26. The van der Waals surface area contributed by atoms with Crippen molar-refractivity contribution in [2.24, 2.45) is 0 Å². The van der Waals surface area contributed by atoms with E-state index in [1.54, 1.807) is 0 Å². The fourth-order valence-corrected chi connectivity index (χ4v) is 2.55. The molecule has 0 amide bonds. The van der Waals surface area contributed by atoms with Crippen molar-refractivity contribution in [1.82, 2.24) is 10.3 Å². The first-order valence-corrected chi connectivity index (χ1v) is 7.31. The monoisotopic (exact) mass is 280 g/mol. The van der Waals surface area contributed by atoms with E-state index in [1.807, 2.05) is 31.4 Å². The van der Waals surface area contributed by atoms with Gasteiger partial charge in [0.2, 0.25) is 0 Å². The molecule has 3 heteroatoms. The Bertz CT molecular complexity index is 691. The van der Waals surface area contributed by atoms with Crippen LogP contribution in [0.3, 0.4) is 0 Å². The van der Waals surface area contributed by atoms with E-state index in [0.717, 1.165) is 29.6 Å². The second-order valence-electron chi connectivity index (χ2n) is 5.10. The second kappa shape index (κ2) is 6.46. The zero-order chi connectivity index (χ0) is 14.5. The molecule has 2 N–H and O–H groups in total. The van der Waals surface area contributed by atoms with Gasteiger partial charge in [0.05, 0.1) is 0 Å². The highest BCUT2D eigenvalue weighted by Crippen LogP contribution is 2.30. The van der Waals surface area contributed by atoms with Crippen molar-refractivity contribution in [3.63, 3.8) is 0 Å². The molecule has 0 fully saturated rings. The molecule has 3 nitrogen and oxygen atoms in total. The SMILES string of the molecule is CNCC[C@@H](Oc1cccc2[nH]ccc12)c1ccccc1. The Morgan fingerprint density at radius 1 is 1.05 bits per heavy atom. The molecule has 1 atom stereocenters. The summed E-state index contributed by atoms with van der Waals surface area (Å²) < 4.78 is 6.31. The largest absolute Gasteiger partial charge is 0.485 e. The number of hydrogen-bond donors (Lipinski definition) is 2. The highest BCUT2D eigenvalue weighted by molar-refractivity contribution is 5.85. The van der Waals surface area contributed by atoms with Crippen LogP contribution in [0.5, 0.6) is 5.75 Å². The highest BCUT2D eigenvalue weighted by atomic mass is 16.5. The van der Waals surface area contributed by atoms with E-state index in [9.17, 15) is 0 Å². The molecule has 1 heterocycles. The van der Waals surface area contributed by atoms with Gasteiger partial charge in [-0.25, -0.2) is 0 Å². The summed E-state index contributed by atoms with van der Waals surface area (Å²) in [7, 11) is 1.97. The quantitative estimate of drug-likeness (QED) is 0.718. The molecule has 1 aromatic heterocycles. The molecule has 0 aliphatic carbocycles. The van der Waals surface area contributed by atoms with Gasteiger partial charge in [0, 0.05) is 23.5 Å². The number of fused-ring (bicyclic) bond motifs is 1. The van der Waals surface area contributed by atoms with Crippen LogP contribution in [0.15, 0.2) is 60.8 Å². The lowest BCUT2D eigenvalue weighted by atomic mass is 10.1. The molecule has 0 saturated heterocycles. The number of nitrogens with one attached hydrogen (secondary N) is 2. The van der Waals surface area contributed by atoms with Gasteiger partial charge in [-0.2, -0.15) is 0 Å². The third kappa shape index (κ3) is 3.09. The van der Waals surface area contributed by atoms with E-state index in [2.05, 4.69) is 46.7 Å². The third-order valence-electron chi connectivity index (χ3n) is 3.65. The lowest BCUT2D eigenvalue weighted by Gasteiger charge is -2.20. The molecular weight excluding hydrogens is 260 g/mol. The van der Waals surface area contributed by atoms with E-state index in [0.29, 0.717) is 0 Å². The highest BCUT2D eigenvalue weighted by Gasteiger charge is 2.14. The van der Waals surface area contributed by atoms with Crippen molar-refractivity contribution in [2.45, 2.75) is 12.5 Å². The van der Waals surface area contributed by atoms with Crippen LogP contribution in [0.25, 0.3) is 10.9 Å². The average Bonchev–Trinajstić information content (AvgIpc) is 3.01. The maximum atomic E-state index is 6.31. The summed E-state index contributed by atoms with van der Waals surface area (Å²) in [5.74, 6) is 0.929. The summed E-state index contributed by atoms with van der Waals surface area (Å²) >= 11 is 0. The van der Waals surface area contributed by atoms with Crippen molar-refractivity contribution < 1.29 is 4.74 Å². The van der Waals surface area contributed by atoms with Crippen molar-refractivity contribution in [1.29, 1.82) is 0 Å². The summed E-state index contributed by atoms with van der Waals surface area (Å²) in [6.07, 6.45) is 2.93. The Balaban J connectivity index is 1.89. The number of H-pyrrole nitrogens is 1. The van der Waals surface area contributed by atoms with Crippen molar-refractivity contribution in [2.75, 3.05) is 13.6 Å². The van der Waals surface area contributed by atoms with Gasteiger partial charge in [0.1, 0.15) is 11.9 Å². The molecule has 0 unspecified atom stereocenters. The first kappa shape index (κ1) is 13.7. The summed E-state index contributed by atoms with van der Waals surface area (Å²) in [5, 5.41) is 4.33. The minimum atomic E-state index is 0.0548. The number of hydrogen-bond acceptors (Lipinski definition) is 2. The average molecular weight is 280 g/mol. The third-order valence-corrected chi connectivity index (χ3v) is 3.65. The maximum Gasteiger partial charge on any atom is 0.129 e.